The average molecular weight is 165 g/mol. The number of halogens is 1. The first kappa shape index (κ1) is 7.59. The standard InChI is InChI=1S/C10H12FN/c1-10(11)5-7-2-3-9(12)4-8(7)6-10/h2-4H,5-6,12H2,1H3. The molecule has 2 rings (SSSR count). The number of nitrogen functional groups attached to an aromatic ring is 1. The third-order valence-corrected chi connectivity index (χ3v) is 2.35. The third kappa shape index (κ3) is 1.17. The average Bonchev–Trinajstić information content (AvgIpc) is 2.21. The molecule has 2 heteroatoms. The summed E-state index contributed by atoms with van der Waals surface area (Å²) in [7, 11) is 0. The minimum atomic E-state index is -1.06. The predicted octanol–water partition coefficient (Wildman–Crippen LogP) is 2.10. The summed E-state index contributed by atoms with van der Waals surface area (Å²) in [4.78, 5) is 0. The number of hydrogen-bond donors (Lipinski definition) is 1. The molecule has 0 saturated carbocycles. The zero-order valence-electron chi connectivity index (χ0n) is 7.10. The van der Waals surface area contributed by atoms with Crippen molar-refractivity contribution in [3.8, 4) is 0 Å². The first-order valence-corrected chi connectivity index (χ1v) is 4.13. The Bertz CT molecular complexity index is 318. The molecule has 0 saturated heterocycles. The maximum Gasteiger partial charge on any atom is 0.116 e. The van der Waals surface area contributed by atoms with Crippen LogP contribution >= 0.6 is 0 Å². The number of fused-ring (bicyclic) bond motifs is 1. The Morgan fingerprint density at radius 2 is 2.00 bits per heavy atom. The molecule has 1 aromatic rings. The van der Waals surface area contributed by atoms with Crippen LogP contribution in [-0.4, -0.2) is 5.67 Å². The Balaban J connectivity index is 2.43. The molecule has 0 spiro atoms. The molecule has 64 valence electrons. The van der Waals surface area contributed by atoms with Gasteiger partial charge >= 0.3 is 0 Å². The second kappa shape index (κ2) is 2.22. The highest BCUT2D eigenvalue weighted by Gasteiger charge is 2.32. The quantitative estimate of drug-likeness (QED) is 0.585. The second-order valence-electron chi connectivity index (χ2n) is 3.80. The lowest BCUT2D eigenvalue weighted by Crippen LogP contribution is -2.16. The number of anilines is 1. The molecule has 1 aliphatic rings. The van der Waals surface area contributed by atoms with E-state index in [1.165, 1.54) is 0 Å². The molecule has 1 atom stereocenters. The van der Waals surface area contributed by atoms with Crippen LogP contribution in [0.3, 0.4) is 0 Å². The van der Waals surface area contributed by atoms with Gasteiger partial charge in [-0.25, -0.2) is 4.39 Å². The lowest BCUT2D eigenvalue weighted by atomic mass is 10.1. The first-order valence-electron chi connectivity index (χ1n) is 4.13. The van der Waals surface area contributed by atoms with Gasteiger partial charge in [-0.05, 0) is 30.2 Å². The highest BCUT2D eigenvalue weighted by Crippen LogP contribution is 2.33. The maximum atomic E-state index is 13.5. The normalized spacial score (nSPS) is 27.2. The highest BCUT2D eigenvalue weighted by molar-refractivity contribution is 5.47. The van der Waals surface area contributed by atoms with Gasteiger partial charge in [0.15, 0.2) is 0 Å². The van der Waals surface area contributed by atoms with Crippen molar-refractivity contribution < 1.29 is 4.39 Å². The van der Waals surface area contributed by atoms with E-state index in [2.05, 4.69) is 0 Å². The van der Waals surface area contributed by atoms with Crippen molar-refractivity contribution in [2.24, 2.45) is 0 Å². The number of hydrogen-bond acceptors (Lipinski definition) is 1. The zero-order chi connectivity index (χ0) is 8.77. The Labute approximate surface area is 71.4 Å². The summed E-state index contributed by atoms with van der Waals surface area (Å²) in [5.74, 6) is 0. The van der Waals surface area contributed by atoms with Gasteiger partial charge in [0.1, 0.15) is 5.67 Å². The van der Waals surface area contributed by atoms with Crippen molar-refractivity contribution >= 4 is 5.69 Å². The molecule has 0 heterocycles. The summed E-state index contributed by atoms with van der Waals surface area (Å²) in [6.45, 7) is 1.64. The lowest BCUT2D eigenvalue weighted by molar-refractivity contribution is 0.205. The monoisotopic (exact) mass is 165 g/mol. The minimum Gasteiger partial charge on any atom is -0.399 e. The van der Waals surface area contributed by atoms with Gasteiger partial charge in [0.2, 0.25) is 0 Å². The molecular weight excluding hydrogens is 153 g/mol. The van der Waals surface area contributed by atoms with E-state index in [1.807, 2.05) is 18.2 Å². The fourth-order valence-corrected chi connectivity index (χ4v) is 1.84. The first-order chi connectivity index (χ1) is 5.57. The van der Waals surface area contributed by atoms with Gasteiger partial charge in [0.25, 0.3) is 0 Å². The van der Waals surface area contributed by atoms with Crippen LogP contribution < -0.4 is 5.73 Å². The fraction of sp³-hybridized carbons (Fsp3) is 0.400. The topological polar surface area (TPSA) is 26.0 Å². The molecular formula is C10H12FN. The van der Waals surface area contributed by atoms with Gasteiger partial charge in [-0.2, -0.15) is 0 Å². The number of nitrogens with two attached hydrogens (primary N) is 1. The number of benzene rings is 1. The van der Waals surface area contributed by atoms with Crippen LogP contribution in [-0.2, 0) is 12.8 Å². The molecule has 0 bridgehead atoms. The van der Waals surface area contributed by atoms with E-state index in [-0.39, 0.29) is 0 Å². The summed E-state index contributed by atoms with van der Waals surface area (Å²) < 4.78 is 13.5. The summed E-state index contributed by atoms with van der Waals surface area (Å²) >= 11 is 0. The lowest BCUT2D eigenvalue weighted by Gasteiger charge is -2.09. The molecule has 1 aliphatic carbocycles. The number of alkyl halides is 1. The van der Waals surface area contributed by atoms with Crippen LogP contribution in [0.15, 0.2) is 18.2 Å². The summed E-state index contributed by atoms with van der Waals surface area (Å²) in [6, 6.07) is 5.63. The van der Waals surface area contributed by atoms with Gasteiger partial charge in [0, 0.05) is 18.5 Å². The van der Waals surface area contributed by atoms with Gasteiger partial charge in [-0.3, -0.25) is 0 Å². The summed E-state index contributed by atoms with van der Waals surface area (Å²) in [5, 5.41) is 0. The van der Waals surface area contributed by atoms with Gasteiger partial charge in [0.05, 0.1) is 0 Å². The Kier molecular flexibility index (Phi) is 1.40. The predicted molar refractivity (Wildman–Crippen MR) is 47.8 cm³/mol. The van der Waals surface area contributed by atoms with E-state index in [1.54, 1.807) is 6.92 Å². The maximum absolute atomic E-state index is 13.5. The van der Waals surface area contributed by atoms with Crippen molar-refractivity contribution in [3.05, 3.63) is 29.3 Å². The van der Waals surface area contributed by atoms with E-state index in [9.17, 15) is 4.39 Å². The Morgan fingerprint density at radius 1 is 1.33 bits per heavy atom. The molecule has 0 aromatic heterocycles. The fourth-order valence-electron chi connectivity index (χ4n) is 1.84. The molecule has 0 fully saturated rings. The van der Waals surface area contributed by atoms with Gasteiger partial charge < -0.3 is 5.73 Å². The van der Waals surface area contributed by atoms with Gasteiger partial charge in [-0.1, -0.05) is 6.07 Å². The van der Waals surface area contributed by atoms with Crippen LogP contribution in [0, 0.1) is 0 Å². The molecule has 1 aromatic carbocycles. The molecule has 0 radical (unpaired) electrons. The summed E-state index contributed by atoms with van der Waals surface area (Å²) in [6.07, 6.45) is 1.04. The molecule has 1 nitrogen and oxygen atoms in total. The zero-order valence-corrected chi connectivity index (χ0v) is 7.10. The number of rotatable bonds is 0. The van der Waals surface area contributed by atoms with E-state index < -0.39 is 5.67 Å². The van der Waals surface area contributed by atoms with E-state index in [0.717, 1.165) is 16.8 Å². The largest absolute Gasteiger partial charge is 0.399 e. The smallest absolute Gasteiger partial charge is 0.116 e. The van der Waals surface area contributed by atoms with Crippen LogP contribution in [0.5, 0.6) is 0 Å². The molecule has 1 unspecified atom stereocenters. The van der Waals surface area contributed by atoms with Crippen molar-refractivity contribution in [1.82, 2.24) is 0 Å². The van der Waals surface area contributed by atoms with E-state index in [0.29, 0.717) is 12.8 Å². The van der Waals surface area contributed by atoms with Crippen LogP contribution in [0.25, 0.3) is 0 Å². The third-order valence-electron chi connectivity index (χ3n) is 2.35. The van der Waals surface area contributed by atoms with Crippen molar-refractivity contribution in [2.75, 3.05) is 5.73 Å². The van der Waals surface area contributed by atoms with Crippen LogP contribution in [0.1, 0.15) is 18.1 Å². The molecule has 0 amide bonds. The van der Waals surface area contributed by atoms with Gasteiger partial charge in [-0.15, -0.1) is 0 Å². The molecule has 12 heavy (non-hydrogen) atoms. The van der Waals surface area contributed by atoms with Crippen LogP contribution in [0.2, 0.25) is 0 Å². The molecule has 2 N–H and O–H groups in total. The van der Waals surface area contributed by atoms with E-state index in [4.69, 9.17) is 5.73 Å². The van der Waals surface area contributed by atoms with E-state index >= 15 is 0 Å². The Hall–Kier alpha value is -1.05. The van der Waals surface area contributed by atoms with Crippen molar-refractivity contribution in [3.63, 3.8) is 0 Å². The Morgan fingerprint density at radius 3 is 2.75 bits per heavy atom. The second-order valence-corrected chi connectivity index (χ2v) is 3.80. The molecule has 0 aliphatic heterocycles. The van der Waals surface area contributed by atoms with Crippen molar-refractivity contribution in [2.45, 2.75) is 25.4 Å². The van der Waals surface area contributed by atoms with Crippen molar-refractivity contribution in [1.29, 1.82) is 0 Å². The summed E-state index contributed by atoms with van der Waals surface area (Å²) in [5.41, 5.74) is 7.44. The van der Waals surface area contributed by atoms with Crippen LogP contribution in [0.4, 0.5) is 10.1 Å². The minimum absolute atomic E-state index is 0.507. The SMILES string of the molecule is CC1(F)Cc2ccc(N)cc2C1. The highest BCUT2D eigenvalue weighted by atomic mass is 19.1.